The fraction of sp³-hybridized carbons (Fsp3) is 0.261. The summed E-state index contributed by atoms with van der Waals surface area (Å²) >= 11 is 7.51. The van der Waals surface area contributed by atoms with Crippen LogP contribution in [0.4, 0.5) is 10.1 Å². The third kappa shape index (κ3) is 5.14. The van der Waals surface area contributed by atoms with Crippen molar-refractivity contribution in [1.82, 2.24) is 14.9 Å². The first-order chi connectivity index (χ1) is 15.5. The summed E-state index contributed by atoms with van der Waals surface area (Å²) in [4.78, 5) is 25.6. The van der Waals surface area contributed by atoms with Gasteiger partial charge in [-0.25, -0.2) is 14.4 Å². The number of nitrogens with zero attached hydrogens (tertiary/aromatic N) is 4. The van der Waals surface area contributed by atoms with Crippen LogP contribution in [0.2, 0.25) is 5.02 Å². The molecule has 2 heterocycles. The van der Waals surface area contributed by atoms with Crippen molar-refractivity contribution in [2.45, 2.75) is 10.9 Å². The summed E-state index contributed by atoms with van der Waals surface area (Å²) in [6, 6.07) is 14.4. The number of piperazine rings is 1. The zero-order valence-corrected chi connectivity index (χ0v) is 19.1. The second-order valence-corrected chi connectivity index (χ2v) is 8.56. The van der Waals surface area contributed by atoms with Crippen LogP contribution in [0.15, 0.2) is 59.9 Å². The van der Waals surface area contributed by atoms with Gasteiger partial charge in [0.05, 0.1) is 18.3 Å². The van der Waals surface area contributed by atoms with Crippen molar-refractivity contribution in [3.05, 3.63) is 76.8 Å². The highest BCUT2D eigenvalue weighted by Gasteiger charge is 2.25. The fourth-order valence-corrected chi connectivity index (χ4v) is 4.41. The third-order valence-electron chi connectivity index (χ3n) is 5.24. The average Bonchev–Trinajstić information content (AvgIpc) is 2.84. The van der Waals surface area contributed by atoms with Gasteiger partial charge in [-0.1, -0.05) is 41.6 Å². The molecule has 1 aliphatic heterocycles. The number of carbonyl (C=O) groups is 1. The average molecular weight is 473 g/mol. The molecule has 1 fully saturated rings. The van der Waals surface area contributed by atoms with Crippen molar-refractivity contribution in [2.24, 2.45) is 0 Å². The van der Waals surface area contributed by atoms with Gasteiger partial charge in [0.25, 0.3) is 5.91 Å². The van der Waals surface area contributed by atoms with Gasteiger partial charge >= 0.3 is 0 Å². The number of aromatic nitrogens is 2. The Kier molecular flexibility index (Phi) is 7.12. The number of hydrogen-bond acceptors (Lipinski definition) is 6. The van der Waals surface area contributed by atoms with Crippen molar-refractivity contribution in [3.63, 3.8) is 0 Å². The quantitative estimate of drug-likeness (QED) is 0.388. The second kappa shape index (κ2) is 10.2. The molecule has 166 valence electrons. The van der Waals surface area contributed by atoms with E-state index >= 15 is 0 Å². The van der Waals surface area contributed by atoms with Crippen LogP contribution in [-0.2, 0) is 5.75 Å². The van der Waals surface area contributed by atoms with Gasteiger partial charge < -0.3 is 14.5 Å². The van der Waals surface area contributed by atoms with Crippen LogP contribution in [0.5, 0.6) is 5.75 Å². The normalized spacial score (nSPS) is 13.8. The van der Waals surface area contributed by atoms with Gasteiger partial charge in [-0.15, -0.1) is 0 Å². The molecule has 1 aliphatic rings. The topological polar surface area (TPSA) is 58.6 Å². The number of halogens is 2. The van der Waals surface area contributed by atoms with Gasteiger partial charge in [-0.3, -0.25) is 4.79 Å². The Morgan fingerprint density at radius 1 is 1.12 bits per heavy atom. The van der Waals surface area contributed by atoms with E-state index in [2.05, 4.69) is 14.9 Å². The van der Waals surface area contributed by atoms with Gasteiger partial charge in [0.2, 0.25) is 0 Å². The number of anilines is 1. The Bertz CT molecular complexity index is 1090. The number of amides is 1. The molecule has 32 heavy (non-hydrogen) atoms. The van der Waals surface area contributed by atoms with Crippen molar-refractivity contribution >= 4 is 35.0 Å². The highest BCUT2D eigenvalue weighted by Crippen LogP contribution is 2.25. The Hall–Kier alpha value is -2.84. The van der Waals surface area contributed by atoms with Crippen molar-refractivity contribution in [2.75, 3.05) is 38.2 Å². The largest absolute Gasteiger partial charge is 0.497 e. The number of thioether (sulfide) groups is 1. The van der Waals surface area contributed by atoms with E-state index in [1.54, 1.807) is 30.2 Å². The minimum atomic E-state index is -0.278. The van der Waals surface area contributed by atoms with Crippen LogP contribution < -0.4 is 9.64 Å². The van der Waals surface area contributed by atoms with E-state index in [1.807, 2.05) is 24.3 Å². The maximum Gasteiger partial charge on any atom is 0.274 e. The van der Waals surface area contributed by atoms with Crippen LogP contribution in [0.25, 0.3) is 0 Å². The highest BCUT2D eigenvalue weighted by atomic mass is 35.5. The molecule has 6 nitrogen and oxygen atoms in total. The molecule has 0 aliphatic carbocycles. The smallest absolute Gasteiger partial charge is 0.274 e. The van der Waals surface area contributed by atoms with Gasteiger partial charge in [0.1, 0.15) is 11.6 Å². The van der Waals surface area contributed by atoms with Crippen LogP contribution in [0, 0.1) is 5.82 Å². The zero-order chi connectivity index (χ0) is 22.5. The van der Waals surface area contributed by atoms with Gasteiger partial charge in [0.15, 0.2) is 10.9 Å². The summed E-state index contributed by atoms with van der Waals surface area (Å²) in [5, 5.41) is 0.598. The van der Waals surface area contributed by atoms with Crippen molar-refractivity contribution < 1.29 is 13.9 Å². The molecule has 0 N–H and O–H groups in total. The number of ether oxygens (including phenoxy) is 1. The first-order valence-corrected chi connectivity index (χ1v) is 11.5. The molecule has 4 rings (SSSR count). The molecule has 1 aromatic heterocycles. The van der Waals surface area contributed by atoms with E-state index in [0.29, 0.717) is 42.7 Å². The Balaban J connectivity index is 1.39. The second-order valence-electron chi connectivity index (χ2n) is 7.21. The van der Waals surface area contributed by atoms with E-state index in [-0.39, 0.29) is 22.4 Å². The molecule has 3 aromatic rings. The lowest BCUT2D eigenvalue weighted by Gasteiger charge is -2.36. The monoisotopic (exact) mass is 472 g/mol. The van der Waals surface area contributed by atoms with Gasteiger partial charge in [0, 0.05) is 37.6 Å². The molecular weight excluding hydrogens is 451 g/mol. The summed E-state index contributed by atoms with van der Waals surface area (Å²) < 4.78 is 19.1. The molecule has 2 aromatic carbocycles. The predicted octanol–water partition coefficient (Wildman–Crippen LogP) is 4.53. The standard InChI is InChI=1S/C23H22ClFN4O2S/c1-31-18-8-6-17(7-9-18)28-10-12-29(13-11-28)22(30)21-19(24)14-26-23(27-21)32-15-16-4-2-3-5-20(16)25/h2-9,14H,10-13,15H2,1H3. The summed E-state index contributed by atoms with van der Waals surface area (Å²) in [6.45, 7) is 2.52. The van der Waals surface area contributed by atoms with E-state index in [9.17, 15) is 9.18 Å². The van der Waals surface area contributed by atoms with E-state index in [4.69, 9.17) is 16.3 Å². The maximum absolute atomic E-state index is 13.9. The summed E-state index contributed by atoms with van der Waals surface area (Å²) in [7, 11) is 1.64. The SMILES string of the molecule is COc1ccc(N2CCN(C(=O)c3nc(SCc4ccccc4F)ncc3Cl)CC2)cc1. The number of benzene rings is 2. The van der Waals surface area contributed by atoms with Crippen molar-refractivity contribution in [3.8, 4) is 5.75 Å². The summed E-state index contributed by atoms with van der Waals surface area (Å²) in [5.74, 6) is 0.673. The zero-order valence-electron chi connectivity index (χ0n) is 17.5. The van der Waals surface area contributed by atoms with Crippen LogP contribution in [-0.4, -0.2) is 54.1 Å². The minimum Gasteiger partial charge on any atom is -0.497 e. The summed E-state index contributed by atoms with van der Waals surface area (Å²) in [6.07, 6.45) is 1.43. The van der Waals surface area contributed by atoms with Gasteiger partial charge in [-0.05, 0) is 35.9 Å². The Morgan fingerprint density at radius 3 is 2.53 bits per heavy atom. The molecule has 0 saturated carbocycles. The highest BCUT2D eigenvalue weighted by molar-refractivity contribution is 7.98. The maximum atomic E-state index is 13.9. The molecular formula is C23H22ClFN4O2S. The lowest BCUT2D eigenvalue weighted by atomic mass is 10.2. The Morgan fingerprint density at radius 2 is 1.84 bits per heavy atom. The van der Waals surface area contributed by atoms with E-state index in [0.717, 1.165) is 11.4 Å². The van der Waals surface area contributed by atoms with Gasteiger partial charge in [-0.2, -0.15) is 0 Å². The molecule has 1 saturated heterocycles. The van der Waals surface area contributed by atoms with E-state index in [1.165, 1.54) is 24.0 Å². The third-order valence-corrected chi connectivity index (χ3v) is 6.43. The van der Waals surface area contributed by atoms with Crippen molar-refractivity contribution in [1.29, 1.82) is 0 Å². The lowest BCUT2D eigenvalue weighted by Crippen LogP contribution is -2.49. The van der Waals surface area contributed by atoms with Crippen LogP contribution >= 0.6 is 23.4 Å². The molecule has 1 amide bonds. The molecule has 9 heteroatoms. The molecule has 0 bridgehead atoms. The molecule has 0 unspecified atom stereocenters. The number of carbonyl (C=O) groups excluding carboxylic acids is 1. The lowest BCUT2D eigenvalue weighted by molar-refractivity contribution is 0.0740. The number of rotatable bonds is 6. The molecule has 0 radical (unpaired) electrons. The Labute approximate surface area is 195 Å². The minimum absolute atomic E-state index is 0.176. The van der Waals surface area contributed by atoms with Crippen LogP contribution in [0.1, 0.15) is 16.1 Å². The fourth-order valence-electron chi connectivity index (χ4n) is 3.44. The van der Waals surface area contributed by atoms with Crippen LogP contribution in [0.3, 0.4) is 0 Å². The number of methoxy groups -OCH3 is 1. The number of hydrogen-bond donors (Lipinski definition) is 0. The molecule has 0 spiro atoms. The molecule has 0 atom stereocenters. The summed E-state index contributed by atoms with van der Waals surface area (Å²) in [5.41, 5.74) is 1.82. The van der Waals surface area contributed by atoms with E-state index < -0.39 is 0 Å². The first kappa shape index (κ1) is 22.4. The first-order valence-electron chi connectivity index (χ1n) is 10.1. The predicted molar refractivity (Wildman–Crippen MR) is 124 cm³/mol.